The van der Waals surface area contributed by atoms with Gasteiger partial charge in [-0.1, -0.05) is 12.8 Å². The van der Waals surface area contributed by atoms with Crippen LogP contribution in [0.15, 0.2) is 4.99 Å². The summed E-state index contributed by atoms with van der Waals surface area (Å²) in [6.07, 6.45) is 6.43. The number of nitrogens with zero attached hydrogens (tertiary/aromatic N) is 1. The molecule has 86 valence electrons. The van der Waals surface area contributed by atoms with Gasteiger partial charge in [0.1, 0.15) is 5.84 Å². The Bertz CT molecular complexity index is 236. The van der Waals surface area contributed by atoms with Crippen LogP contribution in [0, 0.1) is 5.92 Å². The molecule has 0 aromatic rings. The maximum Gasteiger partial charge on any atom is 0.116 e. The van der Waals surface area contributed by atoms with Crippen LogP contribution in [-0.2, 0) is 4.74 Å². The number of hydrogen-bond donors (Lipinski definition) is 2. The van der Waals surface area contributed by atoms with Crippen molar-refractivity contribution in [3.8, 4) is 0 Å². The van der Waals surface area contributed by atoms with Crippen LogP contribution in [-0.4, -0.2) is 24.6 Å². The molecule has 1 aliphatic heterocycles. The van der Waals surface area contributed by atoms with E-state index in [-0.39, 0.29) is 0 Å². The van der Waals surface area contributed by atoms with Gasteiger partial charge in [-0.05, 0) is 26.2 Å². The van der Waals surface area contributed by atoms with Crippen molar-refractivity contribution in [2.45, 2.75) is 51.2 Å². The Morgan fingerprint density at radius 1 is 1.40 bits per heavy atom. The Kier molecular flexibility index (Phi) is 3.59. The van der Waals surface area contributed by atoms with E-state index in [1.165, 1.54) is 25.7 Å². The smallest absolute Gasteiger partial charge is 0.116 e. The Labute approximate surface area is 91.2 Å². The first-order valence-corrected chi connectivity index (χ1v) is 5.95. The second-order valence-electron chi connectivity index (χ2n) is 4.67. The van der Waals surface area contributed by atoms with Crippen molar-refractivity contribution in [1.82, 2.24) is 5.43 Å². The summed E-state index contributed by atoms with van der Waals surface area (Å²) < 4.78 is 5.54. The molecule has 2 unspecified atom stereocenters. The lowest BCUT2D eigenvalue weighted by Gasteiger charge is -2.13. The summed E-state index contributed by atoms with van der Waals surface area (Å²) in [5, 5.41) is 0. The fourth-order valence-corrected chi connectivity index (χ4v) is 2.50. The van der Waals surface area contributed by atoms with Gasteiger partial charge in [0.2, 0.25) is 0 Å². The molecule has 2 fully saturated rings. The molecule has 1 heterocycles. The van der Waals surface area contributed by atoms with Gasteiger partial charge in [0.15, 0.2) is 0 Å². The van der Waals surface area contributed by atoms with Gasteiger partial charge in [-0.25, -0.2) is 5.84 Å². The predicted octanol–water partition coefficient (Wildman–Crippen LogP) is 1.22. The van der Waals surface area contributed by atoms with Gasteiger partial charge in [0.25, 0.3) is 0 Å². The van der Waals surface area contributed by atoms with Gasteiger partial charge in [0, 0.05) is 5.92 Å². The quantitative estimate of drug-likeness (QED) is 0.312. The maximum absolute atomic E-state index is 5.54. The molecule has 1 saturated heterocycles. The Morgan fingerprint density at radius 2 is 2.13 bits per heavy atom. The predicted molar refractivity (Wildman–Crippen MR) is 60.5 cm³/mol. The Morgan fingerprint density at radius 3 is 2.67 bits per heavy atom. The van der Waals surface area contributed by atoms with Crippen molar-refractivity contribution in [3.63, 3.8) is 0 Å². The van der Waals surface area contributed by atoms with Crippen LogP contribution in [0.5, 0.6) is 0 Å². The summed E-state index contributed by atoms with van der Waals surface area (Å²) in [5.74, 6) is 6.87. The molecule has 0 aromatic carbocycles. The molecule has 4 heteroatoms. The second-order valence-corrected chi connectivity index (χ2v) is 4.67. The number of nitrogens with one attached hydrogen (secondary N) is 1. The van der Waals surface area contributed by atoms with Crippen molar-refractivity contribution >= 4 is 5.84 Å². The largest absolute Gasteiger partial charge is 0.378 e. The highest BCUT2D eigenvalue weighted by molar-refractivity contribution is 5.84. The second kappa shape index (κ2) is 4.94. The van der Waals surface area contributed by atoms with Crippen molar-refractivity contribution in [3.05, 3.63) is 0 Å². The SMILES string of the molecule is CC1CC(C(=NC2CCCC2)NN)CO1. The van der Waals surface area contributed by atoms with Crippen LogP contribution < -0.4 is 11.3 Å². The van der Waals surface area contributed by atoms with Gasteiger partial charge in [0.05, 0.1) is 18.8 Å². The number of amidine groups is 1. The zero-order valence-electron chi connectivity index (χ0n) is 9.41. The fraction of sp³-hybridized carbons (Fsp3) is 0.909. The Hall–Kier alpha value is -0.610. The molecule has 0 radical (unpaired) electrons. The molecule has 2 rings (SSSR count). The molecular weight excluding hydrogens is 190 g/mol. The summed E-state index contributed by atoms with van der Waals surface area (Å²) in [6, 6.07) is 0.493. The third-order valence-corrected chi connectivity index (χ3v) is 3.38. The molecular formula is C11H21N3O. The lowest BCUT2D eigenvalue weighted by Crippen LogP contribution is -2.37. The van der Waals surface area contributed by atoms with Gasteiger partial charge in [-0.15, -0.1) is 0 Å². The third-order valence-electron chi connectivity index (χ3n) is 3.38. The van der Waals surface area contributed by atoms with Gasteiger partial charge in [-0.3, -0.25) is 4.99 Å². The topological polar surface area (TPSA) is 59.6 Å². The van der Waals surface area contributed by atoms with Gasteiger partial charge in [-0.2, -0.15) is 0 Å². The molecule has 0 amide bonds. The minimum Gasteiger partial charge on any atom is -0.378 e. The summed E-state index contributed by atoms with van der Waals surface area (Å²) in [6.45, 7) is 2.86. The van der Waals surface area contributed by atoms with E-state index in [4.69, 9.17) is 15.6 Å². The van der Waals surface area contributed by atoms with Crippen LogP contribution in [0.25, 0.3) is 0 Å². The standard InChI is InChI=1S/C11H21N3O/c1-8-6-9(7-15-8)11(14-12)13-10-4-2-3-5-10/h8-10H,2-7,12H2,1H3,(H,13,14). The molecule has 1 saturated carbocycles. The highest BCUT2D eigenvalue weighted by atomic mass is 16.5. The first-order chi connectivity index (χ1) is 7.29. The molecule has 2 aliphatic rings. The van der Waals surface area contributed by atoms with E-state index in [2.05, 4.69) is 12.3 Å². The molecule has 0 aromatic heterocycles. The van der Waals surface area contributed by atoms with Gasteiger partial charge >= 0.3 is 0 Å². The van der Waals surface area contributed by atoms with Crippen molar-refractivity contribution < 1.29 is 4.74 Å². The number of aliphatic imine (C=N–C) groups is 1. The zero-order chi connectivity index (χ0) is 10.7. The lowest BCUT2D eigenvalue weighted by molar-refractivity contribution is 0.123. The van der Waals surface area contributed by atoms with E-state index in [1.807, 2.05) is 0 Å². The highest BCUT2D eigenvalue weighted by Gasteiger charge is 2.27. The van der Waals surface area contributed by atoms with Gasteiger partial charge < -0.3 is 10.2 Å². The van der Waals surface area contributed by atoms with Crippen LogP contribution in [0.4, 0.5) is 0 Å². The van der Waals surface area contributed by atoms with Crippen molar-refractivity contribution in [2.24, 2.45) is 16.8 Å². The minimum absolute atomic E-state index is 0.345. The Balaban J connectivity index is 1.96. The molecule has 3 N–H and O–H groups in total. The molecule has 1 aliphatic carbocycles. The first kappa shape index (κ1) is 10.9. The van der Waals surface area contributed by atoms with Crippen LogP contribution in [0.2, 0.25) is 0 Å². The van der Waals surface area contributed by atoms with E-state index >= 15 is 0 Å². The number of nitrogens with two attached hydrogens (primary N) is 1. The summed E-state index contributed by atoms with van der Waals surface area (Å²) in [4.78, 5) is 4.71. The number of rotatable bonds is 2. The minimum atomic E-state index is 0.345. The van der Waals surface area contributed by atoms with Crippen LogP contribution in [0.1, 0.15) is 39.0 Å². The molecule has 4 nitrogen and oxygen atoms in total. The molecule has 0 bridgehead atoms. The summed E-state index contributed by atoms with van der Waals surface area (Å²) >= 11 is 0. The lowest BCUT2D eigenvalue weighted by atomic mass is 10.1. The molecule has 2 atom stereocenters. The van der Waals surface area contributed by atoms with Crippen LogP contribution >= 0.6 is 0 Å². The van der Waals surface area contributed by atoms with E-state index in [9.17, 15) is 0 Å². The van der Waals surface area contributed by atoms with Crippen LogP contribution in [0.3, 0.4) is 0 Å². The average molecular weight is 211 g/mol. The number of hydrogen-bond acceptors (Lipinski definition) is 3. The highest BCUT2D eigenvalue weighted by Crippen LogP contribution is 2.24. The maximum atomic E-state index is 5.54. The normalized spacial score (nSPS) is 33.6. The summed E-state index contributed by atoms with van der Waals surface area (Å²) in [7, 11) is 0. The fourth-order valence-electron chi connectivity index (χ4n) is 2.50. The summed E-state index contributed by atoms with van der Waals surface area (Å²) in [5.41, 5.74) is 2.76. The monoisotopic (exact) mass is 211 g/mol. The first-order valence-electron chi connectivity index (χ1n) is 5.95. The van der Waals surface area contributed by atoms with E-state index in [0.29, 0.717) is 18.1 Å². The third kappa shape index (κ3) is 2.69. The molecule has 15 heavy (non-hydrogen) atoms. The van der Waals surface area contributed by atoms with Crippen molar-refractivity contribution in [1.29, 1.82) is 0 Å². The average Bonchev–Trinajstić information content (AvgIpc) is 2.85. The number of hydrazine groups is 1. The molecule has 0 spiro atoms. The van der Waals surface area contributed by atoms with E-state index in [0.717, 1.165) is 18.9 Å². The van der Waals surface area contributed by atoms with E-state index < -0.39 is 0 Å². The number of ether oxygens (including phenoxy) is 1. The van der Waals surface area contributed by atoms with E-state index in [1.54, 1.807) is 0 Å². The van der Waals surface area contributed by atoms with Crippen molar-refractivity contribution in [2.75, 3.05) is 6.61 Å². The zero-order valence-corrected chi connectivity index (χ0v) is 9.41.